The van der Waals surface area contributed by atoms with E-state index in [4.69, 9.17) is 0 Å². The topological polar surface area (TPSA) is 12.4 Å². The molecule has 1 aromatic carbocycles. The highest BCUT2D eigenvalue weighted by Gasteiger charge is 2.10. The van der Waals surface area contributed by atoms with E-state index in [1.807, 2.05) is 24.0 Å². The van der Waals surface area contributed by atoms with Crippen LogP contribution in [0.15, 0.2) is 35.3 Å². The zero-order valence-electron chi connectivity index (χ0n) is 6.81. The average molecular weight is 177 g/mol. The summed E-state index contributed by atoms with van der Waals surface area (Å²) in [6.07, 6.45) is 3.15. The fourth-order valence-corrected chi connectivity index (χ4v) is 2.23. The first-order chi connectivity index (χ1) is 5.97. The second kappa shape index (κ2) is 3.76. The van der Waals surface area contributed by atoms with Crippen LogP contribution in [0.5, 0.6) is 0 Å². The number of benzene rings is 1. The van der Waals surface area contributed by atoms with E-state index in [1.165, 1.54) is 11.3 Å². The maximum absolute atomic E-state index is 4.44. The predicted octanol–water partition coefficient (Wildman–Crippen LogP) is 2.89. The Morgan fingerprint density at radius 2 is 2.08 bits per heavy atom. The third-order valence-electron chi connectivity index (χ3n) is 1.85. The molecule has 0 N–H and O–H groups in total. The van der Waals surface area contributed by atoms with E-state index in [9.17, 15) is 0 Å². The van der Waals surface area contributed by atoms with Crippen LogP contribution < -0.4 is 0 Å². The van der Waals surface area contributed by atoms with Gasteiger partial charge in [0.1, 0.15) is 5.37 Å². The smallest absolute Gasteiger partial charge is 0.120 e. The molecule has 1 atom stereocenters. The largest absolute Gasteiger partial charge is 0.279 e. The molecule has 0 saturated heterocycles. The standard InChI is InChI=1S/C10H11NS/c1-2-5-9(6-3-1)10-11-7-4-8-12-10/h1-3,5-7,10H,4,8H2. The normalized spacial score (nSPS) is 22.5. The lowest BCUT2D eigenvalue weighted by Crippen LogP contribution is -1.98. The number of hydrogen-bond acceptors (Lipinski definition) is 2. The van der Waals surface area contributed by atoms with Crippen molar-refractivity contribution in [2.45, 2.75) is 11.8 Å². The molecule has 0 aliphatic carbocycles. The summed E-state index contributed by atoms with van der Waals surface area (Å²) < 4.78 is 0. The quantitative estimate of drug-likeness (QED) is 0.642. The Bertz CT molecular complexity index is 268. The van der Waals surface area contributed by atoms with Gasteiger partial charge in [-0.25, -0.2) is 0 Å². The molecule has 0 fully saturated rings. The van der Waals surface area contributed by atoms with Gasteiger partial charge in [-0.05, 0) is 12.0 Å². The summed E-state index contributed by atoms with van der Waals surface area (Å²) >= 11 is 1.92. The highest BCUT2D eigenvalue weighted by molar-refractivity contribution is 7.99. The second-order valence-corrected chi connectivity index (χ2v) is 3.94. The van der Waals surface area contributed by atoms with Crippen LogP contribution in [0.25, 0.3) is 0 Å². The Labute approximate surface area is 76.9 Å². The minimum atomic E-state index is 0.347. The van der Waals surface area contributed by atoms with Crippen molar-refractivity contribution < 1.29 is 0 Å². The van der Waals surface area contributed by atoms with E-state index in [0.717, 1.165) is 6.42 Å². The van der Waals surface area contributed by atoms with Gasteiger partial charge in [0, 0.05) is 12.0 Å². The van der Waals surface area contributed by atoms with Crippen molar-refractivity contribution in [1.82, 2.24) is 0 Å². The monoisotopic (exact) mass is 177 g/mol. The molecule has 0 radical (unpaired) electrons. The van der Waals surface area contributed by atoms with Crippen molar-refractivity contribution in [3.05, 3.63) is 35.9 Å². The Kier molecular flexibility index (Phi) is 2.47. The minimum Gasteiger partial charge on any atom is -0.279 e. The lowest BCUT2D eigenvalue weighted by molar-refractivity contribution is 1.01. The average Bonchev–Trinajstić information content (AvgIpc) is 2.21. The molecule has 2 rings (SSSR count). The molecular formula is C10H11NS. The maximum atomic E-state index is 4.44. The molecule has 0 spiro atoms. The van der Waals surface area contributed by atoms with E-state index in [2.05, 4.69) is 29.3 Å². The molecule has 1 aliphatic rings. The molecule has 1 aliphatic heterocycles. The van der Waals surface area contributed by atoms with Crippen molar-refractivity contribution in [3.8, 4) is 0 Å². The Morgan fingerprint density at radius 3 is 2.75 bits per heavy atom. The Balaban J connectivity index is 2.19. The third kappa shape index (κ3) is 1.69. The van der Waals surface area contributed by atoms with Gasteiger partial charge in [-0.15, -0.1) is 11.8 Å². The maximum Gasteiger partial charge on any atom is 0.120 e. The summed E-state index contributed by atoms with van der Waals surface area (Å²) in [5.41, 5.74) is 1.32. The molecule has 62 valence electrons. The minimum absolute atomic E-state index is 0.347. The second-order valence-electron chi connectivity index (χ2n) is 2.75. The Hall–Kier alpha value is -0.760. The molecular weight excluding hydrogens is 166 g/mol. The molecule has 1 aromatic rings. The number of hydrogen-bond donors (Lipinski definition) is 0. The molecule has 0 bridgehead atoms. The van der Waals surface area contributed by atoms with Crippen molar-refractivity contribution in [3.63, 3.8) is 0 Å². The fraction of sp³-hybridized carbons (Fsp3) is 0.300. The predicted molar refractivity (Wildman–Crippen MR) is 54.8 cm³/mol. The molecule has 12 heavy (non-hydrogen) atoms. The summed E-state index contributed by atoms with van der Waals surface area (Å²) in [7, 11) is 0. The van der Waals surface area contributed by atoms with Gasteiger partial charge in [0.05, 0.1) is 0 Å². The first-order valence-corrected chi connectivity index (χ1v) is 5.20. The van der Waals surface area contributed by atoms with Crippen LogP contribution in [0.1, 0.15) is 17.4 Å². The van der Waals surface area contributed by atoms with Crippen LogP contribution >= 0.6 is 11.8 Å². The molecule has 1 unspecified atom stereocenters. The molecule has 2 heteroatoms. The zero-order chi connectivity index (χ0) is 8.23. The molecule has 0 aromatic heterocycles. The van der Waals surface area contributed by atoms with Crippen LogP contribution in [0, 0.1) is 0 Å². The number of nitrogens with zero attached hydrogens (tertiary/aromatic N) is 1. The Morgan fingerprint density at radius 1 is 1.25 bits per heavy atom. The third-order valence-corrected chi connectivity index (χ3v) is 3.03. The number of thioether (sulfide) groups is 1. The van der Waals surface area contributed by atoms with Gasteiger partial charge in [0.15, 0.2) is 0 Å². The van der Waals surface area contributed by atoms with Crippen molar-refractivity contribution in [2.24, 2.45) is 4.99 Å². The molecule has 0 amide bonds. The van der Waals surface area contributed by atoms with Crippen LogP contribution in [0.3, 0.4) is 0 Å². The lowest BCUT2D eigenvalue weighted by Gasteiger charge is -2.15. The SMILES string of the molecule is C1=NC(c2ccccc2)SCC1. The van der Waals surface area contributed by atoms with E-state index < -0.39 is 0 Å². The molecule has 1 heterocycles. The summed E-state index contributed by atoms with van der Waals surface area (Å²) in [5.74, 6) is 1.20. The highest BCUT2D eigenvalue weighted by Crippen LogP contribution is 2.32. The molecule has 0 saturated carbocycles. The summed E-state index contributed by atoms with van der Waals surface area (Å²) in [6.45, 7) is 0. The van der Waals surface area contributed by atoms with Crippen molar-refractivity contribution >= 4 is 18.0 Å². The zero-order valence-corrected chi connectivity index (χ0v) is 7.63. The summed E-state index contributed by atoms with van der Waals surface area (Å²) in [6, 6.07) is 10.5. The van der Waals surface area contributed by atoms with Gasteiger partial charge < -0.3 is 0 Å². The summed E-state index contributed by atoms with van der Waals surface area (Å²) in [5, 5.41) is 0.347. The van der Waals surface area contributed by atoms with Crippen molar-refractivity contribution in [1.29, 1.82) is 0 Å². The number of aliphatic imine (C=N–C) groups is 1. The van der Waals surface area contributed by atoms with Gasteiger partial charge in [0.25, 0.3) is 0 Å². The van der Waals surface area contributed by atoms with Gasteiger partial charge in [0.2, 0.25) is 0 Å². The fourth-order valence-electron chi connectivity index (χ4n) is 1.25. The van der Waals surface area contributed by atoms with Crippen LogP contribution in [0.2, 0.25) is 0 Å². The first-order valence-electron chi connectivity index (χ1n) is 4.15. The van der Waals surface area contributed by atoms with Gasteiger partial charge in [-0.2, -0.15) is 0 Å². The van der Waals surface area contributed by atoms with E-state index in [-0.39, 0.29) is 0 Å². The summed E-state index contributed by atoms with van der Waals surface area (Å²) in [4.78, 5) is 4.44. The van der Waals surface area contributed by atoms with Crippen LogP contribution in [-0.4, -0.2) is 12.0 Å². The first kappa shape index (κ1) is 7.87. The highest BCUT2D eigenvalue weighted by atomic mass is 32.2. The molecule has 1 nitrogen and oxygen atoms in total. The van der Waals surface area contributed by atoms with E-state index in [0.29, 0.717) is 5.37 Å². The van der Waals surface area contributed by atoms with E-state index in [1.54, 1.807) is 0 Å². The lowest BCUT2D eigenvalue weighted by atomic mass is 10.2. The van der Waals surface area contributed by atoms with Crippen LogP contribution in [0.4, 0.5) is 0 Å². The van der Waals surface area contributed by atoms with E-state index >= 15 is 0 Å². The van der Waals surface area contributed by atoms with Gasteiger partial charge in [-0.3, -0.25) is 4.99 Å². The van der Waals surface area contributed by atoms with Gasteiger partial charge >= 0.3 is 0 Å². The van der Waals surface area contributed by atoms with Gasteiger partial charge in [-0.1, -0.05) is 30.3 Å². The van der Waals surface area contributed by atoms with Crippen molar-refractivity contribution in [2.75, 3.05) is 5.75 Å². The van der Waals surface area contributed by atoms with Crippen LogP contribution in [-0.2, 0) is 0 Å². The number of rotatable bonds is 1.